The van der Waals surface area contributed by atoms with Crippen molar-refractivity contribution in [2.24, 2.45) is 0 Å². The van der Waals surface area contributed by atoms with E-state index in [1.807, 2.05) is 30.6 Å². The maximum Gasteiger partial charge on any atom is 0.224 e. The van der Waals surface area contributed by atoms with Crippen molar-refractivity contribution in [3.05, 3.63) is 66.2 Å². The number of aryl methyl sites for hydroxylation is 1. The molecule has 1 aliphatic carbocycles. The third-order valence-corrected chi connectivity index (χ3v) is 6.11. The third-order valence-electron chi connectivity index (χ3n) is 6.11. The van der Waals surface area contributed by atoms with Gasteiger partial charge in [0.25, 0.3) is 0 Å². The van der Waals surface area contributed by atoms with Gasteiger partial charge in [-0.1, -0.05) is 12.1 Å². The number of nitrogens with zero attached hydrogens (tertiary/aromatic N) is 4. The van der Waals surface area contributed by atoms with Crippen LogP contribution in [0.2, 0.25) is 0 Å². The van der Waals surface area contributed by atoms with Gasteiger partial charge in [-0.2, -0.15) is 5.10 Å². The van der Waals surface area contributed by atoms with Gasteiger partial charge in [-0.3, -0.25) is 19.4 Å². The topological polar surface area (TPSA) is 72.3 Å². The van der Waals surface area contributed by atoms with Crippen LogP contribution < -0.4 is 5.32 Å². The van der Waals surface area contributed by atoms with Crippen molar-refractivity contribution in [2.45, 2.75) is 38.3 Å². The molecule has 5 rings (SSSR count). The Balaban J connectivity index is 1.15. The second kappa shape index (κ2) is 9.63. The van der Waals surface area contributed by atoms with Gasteiger partial charge in [0.2, 0.25) is 5.91 Å². The van der Waals surface area contributed by atoms with Gasteiger partial charge in [0, 0.05) is 55.9 Å². The summed E-state index contributed by atoms with van der Waals surface area (Å²) in [6, 6.07) is 10.7. The number of rotatable bonds is 8. The summed E-state index contributed by atoms with van der Waals surface area (Å²) in [7, 11) is 0. The number of anilines is 1. The molecule has 0 radical (unpaired) electrons. The number of pyridine rings is 1. The molecule has 32 heavy (non-hydrogen) atoms. The Kier molecular flexibility index (Phi) is 6.27. The van der Waals surface area contributed by atoms with E-state index < -0.39 is 0 Å². The number of carbonyl (C=O) groups excluding carboxylic acids is 1. The molecule has 2 aliphatic rings. The molecule has 3 heterocycles. The molecule has 2 aromatic heterocycles. The van der Waals surface area contributed by atoms with E-state index in [1.54, 1.807) is 6.20 Å². The molecule has 0 unspecified atom stereocenters. The molecule has 1 saturated carbocycles. The van der Waals surface area contributed by atoms with Crippen molar-refractivity contribution in [1.82, 2.24) is 19.7 Å². The van der Waals surface area contributed by atoms with Crippen molar-refractivity contribution in [3.63, 3.8) is 0 Å². The number of benzene rings is 1. The molecule has 2 fully saturated rings. The van der Waals surface area contributed by atoms with Crippen LogP contribution in [0.1, 0.15) is 36.4 Å². The normalized spacial score (nSPS) is 16.8. The van der Waals surface area contributed by atoms with Crippen LogP contribution in [-0.2, 0) is 22.5 Å². The summed E-state index contributed by atoms with van der Waals surface area (Å²) in [5, 5.41) is 7.52. The maximum atomic E-state index is 12.6. The van der Waals surface area contributed by atoms with Gasteiger partial charge >= 0.3 is 0 Å². The minimum atomic E-state index is 0.00871. The number of carbonyl (C=O) groups is 1. The standard InChI is InChI=1S/C25H29N5O2/c31-25(28-22-4-1-19(2-5-22)17-29-11-13-32-14-12-29)8-3-20-15-26-10-9-24(20)21-16-27-30(18-21)23-6-7-23/h1-2,4-5,9-10,15-16,18,23H,3,6-8,11-14,17H2,(H,28,31). The van der Waals surface area contributed by atoms with Crippen LogP contribution in [0.3, 0.4) is 0 Å². The molecule has 1 N–H and O–H groups in total. The maximum absolute atomic E-state index is 12.6. The van der Waals surface area contributed by atoms with Gasteiger partial charge in [-0.05, 0) is 54.2 Å². The van der Waals surface area contributed by atoms with Crippen LogP contribution in [0.4, 0.5) is 5.69 Å². The number of amides is 1. The van der Waals surface area contributed by atoms with Crippen LogP contribution >= 0.6 is 0 Å². The zero-order valence-electron chi connectivity index (χ0n) is 18.2. The zero-order valence-corrected chi connectivity index (χ0v) is 18.2. The van der Waals surface area contributed by atoms with Crippen molar-refractivity contribution in [1.29, 1.82) is 0 Å². The van der Waals surface area contributed by atoms with Gasteiger partial charge in [0.15, 0.2) is 0 Å². The average molecular weight is 432 g/mol. The highest BCUT2D eigenvalue weighted by molar-refractivity contribution is 5.91. The molecule has 3 aromatic rings. The Hall–Kier alpha value is -3.03. The summed E-state index contributed by atoms with van der Waals surface area (Å²) >= 11 is 0. The number of hydrogen-bond acceptors (Lipinski definition) is 5. The molecular formula is C25H29N5O2. The third kappa shape index (κ3) is 5.23. The van der Waals surface area contributed by atoms with E-state index in [0.29, 0.717) is 18.9 Å². The van der Waals surface area contributed by atoms with Crippen LogP contribution in [0.15, 0.2) is 55.1 Å². The first kappa shape index (κ1) is 20.8. The second-order valence-corrected chi connectivity index (χ2v) is 8.61. The zero-order chi connectivity index (χ0) is 21.8. The Morgan fingerprint density at radius 1 is 1.09 bits per heavy atom. The van der Waals surface area contributed by atoms with Crippen molar-refractivity contribution in [3.8, 4) is 11.1 Å². The fourth-order valence-electron chi connectivity index (χ4n) is 4.11. The highest BCUT2D eigenvalue weighted by Crippen LogP contribution is 2.35. The quantitative estimate of drug-likeness (QED) is 0.589. The summed E-state index contributed by atoms with van der Waals surface area (Å²) < 4.78 is 7.45. The SMILES string of the molecule is O=C(CCc1cnccc1-c1cnn(C2CC2)c1)Nc1ccc(CN2CCOCC2)cc1. The van der Waals surface area contributed by atoms with Gasteiger partial charge in [0.05, 0.1) is 25.5 Å². The second-order valence-electron chi connectivity index (χ2n) is 8.61. The first-order chi connectivity index (χ1) is 15.7. The van der Waals surface area contributed by atoms with Crippen LogP contribution in [0.5, 0.6) is 0 Å². The molecular weight excluding hydrogens is 402 g/mol. The summed E-state index contributed by atoms with van der Waals surface area (Å²) in [6.45, 7) is 4.45. The lowest BCUT2D eigenvalue weighted by atomic mass is 10.0. The minimum absolute atomic E-state index is 0.00871. The number of ether oxygens (including phenoxy) is 1. The molecule has 7 heteroatoms. The van der Waals surface area contributed by atoms with Crippen LogP contribution in [0.25, 0.3) is 11.1 Å². The van der Waals surface area contributed by atoms with E-state index in [0.717, 1.165) is 55.2 Å². The van der Waals surface area contributed by atoms with Gasteiger partial charge in [-0.25, -0.2) is 0 Å². The molecule has 7 nitrogen and oxygen atoms in total. The molecule has 1 amide bonds. The summed E-state index contributed by atoms with van der Waals surface area (Å²) in [6.07, 6.45) is 11.1. The molecule has 1 aromatic carbocycles. The predicted octanol–water partition coefficient (Wildman–Crippen LogP) is 3.68. The molecule has 0 bridgehead atoms. The van der Waals surface area contributed by atoms with E-state index in [-0.39, 0.29) is 5.91 Å². The van der Waals surface area contributed by atoms with Crippen molar-refractivity contribution < 1.29 is 9.53 Å². The summed E-state index contributed by atoms with van der Waals surface area (Å²) in [5.41, 5.74) is 5.34. The monoisotopic (exact) mass is 431 g/mol. The minimum Gasteiger partial charge on any atom is -0.379 e. The van der Waals surface area contributed by atoms with E-state index in [4.69, 9.17) is 4.74 Å². The first-order valence-corrected chi connectivity index (χ1v) is 11.4. The van der Waals surface area contributed by atoms with Crippen LogP contribution in [0, 0.1) is 0 Å². The number of morpholine rings is 1. The Morgan fingerprint density at radius 2 is 1.91 bits per heavy atom. The predicted molar refractivity (Wildman–Crippen MR) is 123 cm³/mol. The summed E-state index contributed by atoms with van der Waals surface area (Å²) in [4.78, 5) is 19.2. The largest absolute Gasteiger partial charge is 0.379 e. The van der Waals surface area contributed by atoms with E-state index in [9.17, 15) is 4.79 Å². The Labute approximate surface area is 188 Å². The lowest BCUT2D eigenvalue weighted by Gasteiger charge is -2.26. The Bertz CT molecular complexity index is 1050. The fraction of sp³-hybridized carbons (Fsp3) is 0.400. The van der Waals surface area contributed by atoms with Gasteiger partial charge in [0.1, 0.15) is 0 Å². The molecule has 166 valence electrons. The van der Waals surface area contributed by atoms with Crippen molar-refractivity contribution in [2.75, 3.05) is 31.6 Å². The van der Waals surface area contributed by atoms with E-state index in [2.05, 4.69) is 43.3 Å². The molecule has 1 saturated heterocycles. The lowest BCUT2D eigenvalue weighted by molar-refractivity contribution is -0.116. The molecule has 0 spiro atoms. The van der Waals surface area contributed by atoms with Gasteiger partial charge < -0.3 is 10.1 Å². The Morgan fingerprint density at radius 3 is 2.69 bits per heavy atom. The number of aromatic nitrogens is 3. The number of nitrogens with one attached hydrogen (secondary N) is 1. The highest BCUT2D eigenvalue weighted by Gasteiger charge is 2.24. The fourth-order valence-corrected chi connectivity index (χ4v) is 4.11. The van der Waals surface area contributed by atoms with Gasteiger partial charge in [-0.15, -0.1) is 0 Å². The first-order valence-electron chi connectivity index (χ1n) is 11.4. The lowest BCUT2D eigenvalue weighted by Crippen LogP contribution is -2.35. The van der Waals surface area contributed by atoms with E-state index >= 15 is 0 Å². The average Bonchev–Trinajstić information content (AvgIpc) is 3.56. The smallest absolute Gasteiger partial charge is 0.224 e. The number of hydrogen-bond donors (Lipinski definition) is 1. The molecule has 1 aliphatic heterocycles. The van der Waals surface area contributed by atoms with Crippen LogP contribution in [-0.4, -0.2) is 51.9 Å². The van der Waals surface area contributed by atoms with Crippen molar-refractivity contribution >= 4 is 11.6 Å². The molecule has 0 atom stereocenters. The summed E-state index contributed by atoms with van der Waals surface area (Å²) in [5.74, 6) is 0.00871. The van der Waals surface area contributed by atoms with E-state index in [1.165, 1.54) is 18.4 Å². The highest BCUT2D eigenvalue weighted by atomic mass is 16.5.